The maximum absolute atomic E-state index is 12.3. The average molecular weight is 170 g/mol. The van der Waals surface area contributed by atoms with Gasteiger partial charge in [-0.1, -0.05) is 6.07 Å². The lowest BCUT2D eigenvalue weighted by molar-refractivity contribution is 0.281. The van der Waals surface area contributed by atoms with Gasteiger partial charge >= 0.3 is 0 Å². The highest BCUT2D eigenvalue weighted by molar-refractivity contribution is 5.36. The van der Waals surface area contributed by atoms with Crippen LogP contribution in [0.5, 0.6) is 5.75 Å². The van der Waals surface area contributed by atoms with Crippen LogP contribution in [0.4, 0.5) is 4.39 Å². The molecular weight excluding hydrogens is 159 g/mol. The SMILES string of the molecule is COc1ccc(CO)cc1CF. The predicted octanol–water partition coefficient (Wildman–Crippen LogP) is 1.66. The van der Waals surface area contributed by atoms with E-state index in [4.69, 9.17) is 9.84 Å². The molecular formula is C9H11FO2. The number of ether oxygens (including phenoxy) is 1. The second kappa shape index (κ2) is 4.07. The van der Waals surface area contributed by atoms with Crippen LogP contribution in [0.15, 0.2) is 18.2 Å². The van der Waals surface area contributed by atoms with Crippen molar-refractivity contribution in [3.8, 4) is 5.75 Å². The first-order chi connectivity index (χ1) is 5.81. The van der Waals surface area contributed by atoms with Crippen molar-refractivity contribution in [2.75, 3.05) is 7.11 Å². The predicted molar refractivity (Wildman–Crippen MR) is 43.7 cm³/mol. The second-order valence-electron chi connectivity index (χ2n) is 2.44. The van der Waals surface area contributed by atoms with Crippen LogP contribution in [0.1, 0.15) is 11.1 Å². The Morgan fingerprint density at radius 3 is 2.75 bits per heavy atom. The van der Waals surface area contributed by atoms with E-state index in [0.717, 1.165) is 0 Å². The fourth-order valence-electron chi connectivity index (χ4n) is 1.03. The molecule has 0 unspecified atom stereocenters. The van der Waals surface area contributed by atoms with Crippen molar-refractivity contribution in [1.29, 1.82) is 0 Å². The van der Waals surface area contributed by atoms with Gasteiger partial charge in [0.25, 0.3) is 0 Å². The van der Waals surface area contributed by atoms with Crippen molar-refractivity contribution in [2.45, 2.75) is 13.3 Å². The monoisotopic (exact) mass is 170 g/mol. The maximum atomic E-state index is 12.3. The van der Waals surface area contributed by atoms with E-state index in [1.807, 2.05) is 0 Å². The second-order valence-corrected chi connectivity index (χ2v) is 2.44. The topological polar surface area (TPSA) is 29.5 Å². The Balaban J connectivity index is 3.02. The summed E-state index contributed by atoms with van der Waals surface area (Å²) in [7, 11) is 1.49. The Morgan fingerprint density at radius 2 is 2.25 bits per heavy atom. The first-order valence-corrected chi connectivity index (χ1v) is 3.64. The molecule has 0 aliphatic carbocycles. The van der Waals surface area contributed by atoms with Gasteiger partial charge in [-0.15, -0.1) is 0 Å². The minimum Gasteiger partial charge on any atom is -0.496 e. The van der Waals surface area contributed by atoms with Gasteiger partial charge in [0.1, 0.15) is 12.4 Å². The number of rotatable bonds is 3. The number of methoxy groups -OCH3 is 1. The van der Waals surface area contributed by atoms with E-state index in [1.54, 1.807) is 18.2 Å². The highest BCUT2D eigenvalue weighted by Gasteiger charge is 2.02. The number of aliphatic hydroxyl groups is 1. The van der Waals surface area contributed by atoms with Gasteiger partial charge in [0, 0.05) is 5.56 Å². The zero-order valence-corrected chi connectivity index (χ0v) is 6.88. The first kappa shape index (κ1) is 9.00. The fourth-order valence-corrected chi connectivity index (χ4v) is 1.03. The Labute approximate surface area is 70.6 Å². The first-order valence-electron chi connectivity index (χ1n) is 3.64. The van der Waals surface area contributed by atoms with Crippen LogP contribution in [-0.4, -0.2) is 12.2 Å². The van der Waals surface area contributed by atoms with E-state index in [0.29, 0.717) is 16.9 Å². The molecule has 0 heterocycles. The lowest BCUT2D eigenvalue weighted by Crippen LogP contribution is -1.92. The van der Waals surface area contributed by atoms with Gasteiger partial charge in [0.15, 0.2) is 0 Å². The summed E-state index contributed by atoms with van der Waals surface area (Å²) in [4.78, 5) is 0. The third-order valence-corrected chi connectivity index (χ3v) is 1.67. The standard InChI is InChI=1S/C9H11FO2/c1-12-9-3-2-7(6-11)4-8(9)5-10/h2-4,11H,5-6H2,1H3. The molecule has 3 heteroatoms. The van der Waals surface area contributed by atoms with Crippen molar-refractivity contribution in [3.05, 3.63) is 29.3 Å². The zero-order chi connectivity index (χ0) is 8.97. The molecule has 0 fully saturated rings. The molecule has 1 aromatic rings. The summed E-state index contributed by atoms with van der Waals surface area (Å²) in [5, 5.41) is 8.76. The Kier molecular flexibility index (Phi) is 3.05. The molecule has 0 spiro atoms. The number of aliphatic hydroxyl groups excluding tert-OH is 1. The van der Waals surface area contributed by atoms with E-state index < -0.39 is 6.67 Å². The number of benzene rings is 1. The maximum Gasteiger partial charge on any atom is 0.124 e. The van der Waals surface area contributed by atoms with Crippen LogP contribution in [0, 0.1) is 0 Å². The lowest BCUT2D eigenvalue weighted by Gasteiger charge is -2.06. The summed E-state index contributed by atoms with van der Waals surface area (Å²) >= 11 is 0. The van der Waals surface area contributed by atoms with Gasteiger partial charge in [-0.2, -0.15) is 0 Å². The number of halogens is 1. The average Bonchev–Trinajstić information content (AvgIpc) is 2.16. The van der Waals surface area contributed by atoms with Crippen LogP contribution < -0.4 is 4.74 Å². The van der Waals surface area contributed by atoms with Crippen LogP contribution in [0.3, 0.4) is 0 Å². The molecule has 1 aromatic carbocycles. The van der Waals surface area contributed by atoms with Gasteiger partial charge in [-0.3, -0.25) is 0 Å². The quantitative estimate of drug-likeness (QED) is 0.747. The largest absolute Gasteiger partial charge is 0.496 e. The number of hydrogen-bond donors (Lipinski definition) is 1. The summed E-state index contributed by atoms with van der Waals surface area (Å²) in [6.07, 6.45) is 0. The minimum atomic E-state index is -0.572. The van der Waals surface area contributed by atoms with Crippen molar-refractivity contribution >= 4 is 0 Å². The van der Waals surface area contributed by atoms with Crippen molar-refractivity contribution in [2.24, 2.45) is 0 Å². The summed E-state index contributed by atoms with van der Waals surface area (Å²) in [6, 6.07) is 4.96. The highest BCUT2D eigenvalue weighted by Crippen LogP contribution is 2.20. The van der Waals surface area contributed by atoms with Gasteiger partial charge < -0.3 is 9.84 Å². The number of hydrogen-bond acceptors (Lipinski definition) is 2. The number of alkyl halides is 1. The summed E-state index contributed by atoms with van der Waals surface area (Å²) in [5.74, 6) is 0.523. The smallest absolute Gasteiger partial charge is 0.124 e. The lowest BCUT2D eigenvalue weighted by atomic mass is 10.1. The summed E-state index contributed by atoms with van der Waals surface area (Å²) in [5.41, 5.74) is 1.17. The minimum absolute atomic E-state index is 0.0724. The fraction of sp³-hybridized carbons (Fsp3) is 0.333. The van der Waals surface area contributed by atoms with Crippen LogP contribution in [-0.2, 0) is 13.3 Å². The molecule has 0 radical (unpaired) electrons. The van der Waals surface area contributed by atoms with Crippen LogP contribution in [0.2, 0.25) is 0 Å². The molecule has 0 saturated heterocycles. The Hall–Kier alpha value is -1.09. The third-order valence-electron chi connectivity index (χ3n) is 1.67. The molecule has 0 bridgehead atoms. The molecule has 0 aliphatic rings. The summed E-state index contributed by atoms with van der Waals surface area (Å²) in [6.45, 7) is -0.645. The van der Waals surface area contributed by atoms with E-state index in [-0.39, 0.29) is 6.61 Å². The van der Waals surface area contributed by atoms with E-state index >= 15 is 0 Å². The molecule has 12 heavy (non-hydrogen) atoms. The van der Waals surface area contributed by atoms with Crippen LogP contribution >= 0.6 is 0 Å². The van der Waals surface area contributed by atoms with E-state index in [1.165, 1.54) is 7.11 Å². The molecule has 1 rings (SSSR count). The Morgan fingerprint density at radius 1 is 1.50 bits per heavy atom. The van der Waals surface area contributed by atoms with Gasteiger partial charge in [-0.25, -0.2) is 4.39 Å². The molecule has 1 N–H and O–H groups in total. The zero-order valence-electron chi connectivity index (χ0n) is 6.88. The van der Waals surface area contributed by atoms with Gasteiger partial charge in [-0.05, 0) is 17.7 Å². The normalized spacial score (nSPS) is 9.92. The van der Waals surface area contributed by atoms with Gasteiger partial charge in [0.05, 0.1) is 13.7 Å². The third kappa shape index (κ3) is 1.74. The molecule has 0 aliphatic heterocycles. The molecule has 0 amide bonds. The molecule has 2 nitrogen and oxygen atoms in total. The van der Waals surface area contributed by atoms with Gasteiger partial charge in [0.2, 0.25) is 0 Å². The summed E-state index contributed by atoms with van der Waals surface area (Å²) < 4.78 is 17.2. The van der Waals surface area contributed by atoms with Crippen LogP contribution in [0.25, 0.3) is 0 Å². The van der Waals surface area contributed by atoms with E-state index in [9.17, 15) is 4.39 Å². The molecule has 0 aromatic heterocycles. The molecule has 66 valence electrons. The van der Waals surface area contributed by atoms with Crippen molar-refractivity contribution < 1.29 is 14.2 Å². The van der Waals surface area contributed by atoms with Crippen molar-refractivity contribution in [1.82, 2.24) is 0 Å². The molecule has 0 atom stereocenters. The Bertz CT molecular complexity index is 261. The van der Waals surface area contributed by atoms with Crippen molar-refractivity contribution in [3.63, 3.8) is 0 Å². The molecule has 0 saturated carbocycles. The highest BCUT2D eigenvalue weighted by atomic mass is 19.1. The van der Waals surface area contributed by atoms with E-state index in [2.05, 4.69) is 0 Å².